The molecule has 0 saturated carbocycles. The molecule has 0 bridgehead atoms. The number of Topliss-reactive ketones (excluding diaryl/α,β-unsaturated/α-hetero) is 1. The second-order valence-corrected chi connectivity index (χ2v) is 4.91. The van der Waals surface area contributed by atoms with Gasteiger partial charge in [0, 0.05) is 27.7 Å². The molecular formula is C14H10Cl2FNO. The number of nitrogens with two attached hydrogens (primary N) is 1. The van der Waals surface area contributed by atoms with Gasteiger partial charge in [-0.15, -0.1) is 0 Å². The van der Waals surface area contributed by atoms with Crippen LogP contribution in [0.1, 0.15) is 15.9 Å². The van der Waals surface area contributed by atoms with Crippen LogP contribution in [0.2, 0.25) is 10.0 Å². The summed E-state index contributed by atoms with van der Waals surface area (Å²) in [7, 11) is 0. The summed E-state index contributed by atoms with van der Waals surface area (Å²) in [6.45, 7) is 0. The highest BCUT2D eigenvalue weighted by Gasteiger charge is 2.13. The van der Waals surface area contributed by atoms with E-state index in [0.29, 0.717) is 15.6 Å². The minimum atomic E-state index is -0.505. The number of anilines is 1. The largest absolute Gasteiger partial charge is 0.398 e. The second kappa shape index (κ2) is 5.59. The van der Waals surface area contributed by atoms with Crippen molar-refractivity contribution < 1.29 is 9.18 Å². The molecular weight excluding hydrogens is 288 g/mol. The maximum atomic E-state index is 13.1. The molecule has 0 unspecified atom stereocenters. The Kier molecular flexibility index (Phi) is 4.08. The summed E-state index contributed by atoms with van der Waals surface area (Å²) in [5.41, 5.74) is 6.64. The van der Waals surface area contributed by atoms with Crippen LogP contribution in [0.5, 0.6) is 0 Å². The van der Waals surface area contributed by atoms with Gasteiger partial charge in [-0.25, -0.2) is 4.39 Å². The molecule has 2 rings (SSSR count). The van der Waals surface area contributed by atoms with Crippen molar-refractivity contribution in [3.05, 3.63) is 63.4 Å². The molecule has 2 aromatic carbocycles. The van der Waals surface area contributed by atoms with E-state index < -0.39 is 5.82 Å². The molecule has 2 nitrogen and oxygen atoms in total. The predicted molar refractivity (Wildman–Crippen MR) is 75.3 cm³/mol. The van der Waals surface area contributed by atoms with E-state index >= 15 is 0 Å². The number of hydrogen-bond acceptors (Lipinski definition) is 2. The molecule has 0 heterocycles. The lowest BCUT2D eigenvalue weighted by molar-refractivity contribution is 0.0993. The van der Waals surface area contributed by atoms with E-state index in [1.807, 2.05) is 0 Å². The number of ketones is 1. The van der Waals surface area contributed by atoms with Crippen molar-refractivity contribution in [2.24, 2.45) is 0 Å². The zero-order valence-electron chi connectivity index (χ0n) is 9.79. The minimum absolute atomic E-state index is 0.0209. The Labute approximate surface area is 119 Å². The average molecular weight is 298 g/mol. The molecule has 98 valence electrons. The fourth-order valence-corrected chi connectivity index (χ4v) is 2.10. The number of carbonyl (C=O) groups excluding carboxylic acids is 1. The van der Waals surface area contributed by atoms with Crippen LogP contribution in [-0.2, 0) is 6.42 Å². The Bertz CT molecular complexity index is 643. The predicted octanol–water partition coefficient (Wildman–Crippen LogP) is 4.14. The Hall–Kier alpha value is -1.58. The SMILES string of the molecule is Nc1ccc(F)cc1C(=O)Cc1cc(Cl)ccc1Cl. The molecule has 0 radical (unpaired) electrons. The van der Waals surface area contributed by atoms with E-state index in [4.69, 9.17) is 28.9 Å². The summed E-state index contributed by atoms with van der Waals surface area (Å²) in [6.07, 6.45) is 0.0209. The van der Waals surface area contributed by atoms with Gasteiger partial charge in [0.2, 0.25) is 0 Å². The van der Waals surface area contributed by atoms with E-state index in [1.165, 1.54) is 12.1 Å². The Morgan fingerprint density at radius 3 is 2.63 bits per heavy atom. The smallest absolute Gasteiger partial charge is 0.169 e. The highest BCUT2D eigenvalue weighted by molar-refractivity contribution is 6.33. The summed E-state index contributed by atoms with van der Waals surface area (Å²) in [5, 5.41) is 0.923. The third-order valence-corrected chi connectivity index (χ3v) is 3.28. The molecule has 0 saturated heterocycles. The van der Waals surface area contributed by atoms with Crippen LogP contribution in [0.25, 0.3) is 0 Å². The number of rotatable bonds is 3. The number of carbonyl (C=O) groups is 1. The first-order valence-corrected chi connectivity index (χ1v) is 6.25. The lowest BCUT2D eigenvalue weighted by atomic mass is 10.0. The molecule has 0 aromatic heterocycles. The van der Waals surface area contributed by atoms with Crippen molar-refractivity contribution in [1.82, 2.24) is 0 Å². The van der Waals surface area contributed by atoms with Crippen LogP contribution < -0.4 is 5.73 Å². The van der Waals surface area contributed by atoms with Crippen LogP contribution in [-0.4, -0.2) is 5.78 Å². The number of hydrogen-bond donors (Lipinski definition) is 1. The van der Waals surface area contributed by atoms with Crippen LogP contribution >= 0.6 is 23.2 Å². The zero-order valence-corrected chi connectivity index (χ0v) is 11.3. The Morgan fingerprint density at radius 2 is 1.89 bits per heavy atom. The van der Waals surface area contributed by atoms with Gasteiger partial charge in [0.05, 0.1) is 0 Å². The van der Waals surface area contributed by atoms with Crippen molar-refractivity contribution in [2.75, 3.05) is 5.73 Å². The first kappa shape index (κ1) is 13.8. The molecule has 0 aliphatic carbocycles. The van der Waals surface area contributed by atoms with E-state index in [2.05, 4.69) is 0 Å². The number of benzene rings is 2. The fourth-order valence-electron chi connectivity index (χ4n) is 1.72. The first-order valence-electron chi connectivity index (χ1n) is 5.49. The molecule has 0 spiro atoms. The highest BCUT2D eigenvalue weighted by Crippen LogP contribution is 2.23. The normalized spacial score (nSPS) is 10.5. The van der Waals surface area contributed by atoms with E-state index in [-0.39, 0.29) is 23.5 Å². The number of nitrogen functional groups attached to an aromatic ring is 1. The monoisotopic (exact) mass is 297 g/mol. The van der Waals surface area contributed by atoms with Gasteiger partial charge in [-0.2, -0.15) is 0 Å². The minimum Gasteiger partial charge on any atom is -0.398 e. The van der Waals surface area contributed by atoms with Gasteiger partial charge < -0.3 is 5.73 Å². The average Bonchev–Trinajstić information content (AvgIpc) is 2.36. The second-order valence-electron chi connectivity index (χ2n) is 4.07. The molecule has 0 aliphatic heterocycles. The summed E-state index contributed by atoms with van der Waals surface area (Å²) in [6, 6.07) is 8.55. The van der Waals surface area contributed by atoms with Crippen molar-refractivity contribution in [3.63, 3.8) is 0 Å². The maximum absolute atomic E-state index is 13.1. The fraction of sp³-hybridized carbons (Fsp3) is 0.0714. The lowest BCUT2D eigenvalue weighted by Gasteiger charge is -2.07. The van der Waals surface area contributed by atoms with Gasteiger partial charge in [-0.05, 0) is 42.0 Å². The molecule has 0 amide bonds. The topological polar surface area (TPSA) is 43.1 Å². The summed E-state index contributed by atoms with van der Waals surface area (Å²) in [5.74, 6) is -0.809. The Morgan fingerprint density at radius 1 is 1.16 bits per heavy atom. The maximum Gasteiger partial charge on any atom is 0.169 e. The van der Waals surface area contributed by atoms with Crippen LogP contribution in [0.4, 0.5) is 10.1 Å². The summed E-state index contributed by atoms with van der Waals surface area (Å²) < 4.78 is 13.1. The van der Waals surface area contributed by atoms with Gasteiger partial charge in [0.1, 0.15) is 5.82 Å². The standard InChI is InChI=1S/C14H10Cl2FNO/c15-9-1-3-12(16)8(5-9)6-14(19)11-7-10(17)2-4-13(11)18/h1-5,7H,6,18H2. The van der Waals surface area contributed by atoms with Gasteiger partial charge >= 0.3 is 0 Å². The van der Waals surface area contributed by atoms with Crippen LogP contribution in [0.15, 0.2) is 36.4 Å². The van der Waals surface area contributed by atoms with Crippen LogP contribution in [0, 0.1) is 5.82 Å². The van der Waals surface area contributed by atoms with Crippen molar-refractivity contribution >= 4 is 34.7 Å². The summed E-state index contributed by atoms with van der Waals surface area (Å²) >= 11 is 11.8. The molecule has 2 N–H and O–H groups in total. The van der Waals surface area contributed by atoms with E-state index in [1.54, 1.807) is 18.2 Å². The third-order valence-electron chi connectivity index (χ3n) is 2.67. The number of halogens is 3. The van der Waals surface area contributed by atoms with Gasteiger partial charge in [-0.3, -0.25) is 4.79 Å². The molecule has 5 heteroatoms. The van der Waals surface area contributed by atoms with E-state index in [9.17, 15) is 9.18 Å². The Balaban J connectivity index is 2.30. The highest BCUT2D eigenvalue weighted by atomic mass is 35.5. The molecule has 0 aliphatic rings. The van der Waals surface area contributed by atoms with Gasteiger partial charge in [-0.1, -0.05) is 23.2 Å². The van der Waals surface area contributed by atoms with Gasteiger partial charge in [0.25, 0.3) is 0 Å². The van der Waals surface area contributed by atoms with Crippen molar-refractivity contribution in [2.45, 2.75) is 6.42 Å². The summed E-state index contributed by atoms with van der Waals surface area (Å²) in [4.78, 5) is 12.1. The van der Waals surface area contributed by atoms with Crippen LogP contribution in [0.3, 0.4) is 0 Å². The van der Waals surface area contributed by atoms with Crippen molar-refractivity contribution in [1.29, 1.82) is 0 Å². The molecule has 2 aromatic rings. The third kappa shape index (κ3) is 3.25. The van der Waals surface area contributed by atoms with Gasteiger partial charge in [0.15, 0.2) is 5.78 Å². The molecule has 0 fully saturated rings. The van der Waals surface area contributed by atoms with Crippen molar-refractivity contribution in [3.8, 4) is 0 Å². The quantitative estimate of drug-likeness (QED) is 0.683. The molecule has 0 atom stereocenters. The first-order chi connectivity index (χ1) is 8.97. The zero-order chi connectivity index (χ0) is 14.0. The lowest BCUT2D eigenvalue weighted by Crippen LogP contribution is -2.08. The van der Waals surface area contributed by atoms with E-state index in [0.717, 1.165) is 6.07 Å². The molecule has 19 heavy (non-hydrogen) atoms.